The molecule has 2 heterocycles. The summed E-state index contributed by atoms with van der Waals surface area (Å²) < 4.78 is 9.35. The maximum absolute atomic E-state index is 10.0. The summed E-state index contributed by atoms with van der Waals surface area (Å²) in [6.07, 6.45) is 4.59. The molecule has 88 valence electrons. The molecular formula is C10H12O6. The zero-order valence-electron chi connectivity index (χ0n) is 8.51. The Kier molecular flexibility index (Phi) is 4.38. The van der Waals surface area contributed by atoms with Crippen LogP contribution in [0.1, 0.15) is 12.8 Å². The third kappa shape index (κ3) is 3.64. The van der Waals surface area contributed by atoms with Crippen LogP contribution in [0.4, 0.5) is 0 Å². The minimum absolute atomic E-state index is 0.0880. The topological polar surface area (TPSA) is 93.1 Å². The number of hydrogen-bond acceptors (Lipinski definition) is 4. The number of aliphatic carboxylic acids is 2. The molecule has 0 unspecified atom stereocenters. The molecule has 0 spiro atoms. The summed E-state index contributed by atoms with van der Waals surface area (Å²) in [4.78, 5) is 20.0. The second kappa shape index (κ2) is 5.79. The van der Waals surface area contributed by atoms with Crippen molar-refractivity contribution in [2.45, 2.75) is 12.8 Å². The lowest BCUT2D eigenvalue weighted by atomic mass is 10.4. The SMILES string of the molecule is O=C(O)C1=CCCO1.O=C(O)C1=CCCO1. The predicted molar refractivity (Wildman–Crippen MR) is 52.6 cm³/mol. The van der Waals surface area contributed by atoms with E-state index in [2.05, 4.69) is 9.47 Å². The molecule has 0 aromatic rings. The van der Waals surface area contributed by atoms with E-state index < -0.39 is 11.9 Å². The maximum Gasteiger partial charge on any atom is 0.370 e. The Hall–Kier alpha value is -1.98. The molecule has 0 aromatic heterocycles. The van der Waals surface area contributed by atoms with Gasteiger partial charge in [-0.1, -0.05) is 0 Å². The van der Waals surface area contributed by atoms with Crippen LogP contribution in [-0.2, 0) is 19.1 Å². The van der Waals surface area contributed by atoms with E-state index >= 15 is 0 Å². The van der Waals surface area contributed by atoms with Crippen molar-refractivity contribution >= 4 is 11.9 Å². The highest BCUT2D eigenvalue weighted by molar-refractivity contribution is 5.84. The van der Waals surface area contributed by atoms with Gasteiger partial charge in [0.15, 0.2) is 0 Å². The molecule has 0 aromatic carbocycles. The molecule has 0 atom stereocenters. The molecule has 6 heteroatoms. The summed E-state index contributed by atoms with van der Waals surface area (Å²) in [6.45, 7) is 1.03. The van der Waals surface area contributed by atoms with E-state index in [1.54, 1.807) is 12.2 Å². The van der Waals surface area contributed by atoms with Crippen molar-refractivity contribution in [3.8, 4) is 0 Å². The number of rotatable bonds is 2. The molecule has 0 saturated carbocycles. The highest BCUT2D eigenvalue weighted by atomic mass is 16.5. The first-order valence-electron chi connectivity index (χ1n) is 4.73. The molecule has 6 nitrogen and oxygen atoms in total. The first-order chi connectivity index (χ1) is 7.61. The molecular weight excluding hydrogens is 216 g/mol. The fourth-order valence-electron chi connectivity index (χ4n) is 1.13. The third-order valence-corrected chi connectivity index (χ3v) is 1.83. The first kappa shape index (κ1) is 12.1. The quantitative estimate of drug-likeness (QED) is 0.724. The number of ether oxygens (including phenoxy) is 2. The Morgan fingerprint density at radius 2 is 1.31 bits per heavy atom. The van der Waals surface area contributed by atoms with Crippen molar-refractivity contribution in [2.24, 2.45) is 0 Å². The molecule has 2 aliphatic heterocycles. The molecule has 0 amide bonds. The minimum atomic E-state index is -0.970. The number of carboxylic acid groups (broad SMARTS) is 2. The van der Waals surface area contributed by atoms with Crippen molar-refractivity contribution in [3.05, 3.63) is 23.7 Å². The number of carboxylic acids is 2. The number of carbonyl (C=O) groups is 2. The lowest BCUT2D eigenvalue weighted by molar-refractivity contribution is -0.137. The second-order valence-electron chi connectivity index (χ2n) is 3.02. The molecule has 0 saturated heterocycles. The zero-order chi connectivity index (χ0) is 12.0. The lowest BCUT2D eigenvalue weighted by Gasteiger charge is -1.92. The minimum Gasteiger partial charge on any atom is -0.486 e. The maximum atomic E-state index is 10.0. The Morgan fingerprint density at radius 3 is 1.44 bits per heavy atom. The summed E-state index contributed by atoms with van der Waals surface area (Å²) in [5.41, 5.74) is 0. The Bertz CT molecular complexity index is 307. The van der Waals surface area contributed by atoms with Crippen molar-refractivity contribution in [3.63, 3.8) is 0 Å². The summed E-state index contributed by atoms with van der Waals surface area (Å²) in [5.74, 6) is -1.76. The van der Waals surface area contributed by atoms with Gasteiger partial charge in [-0.3, -0.25) is 0 Å². The van der Waals surface area contributed by atoms with Gasteiger partial charge < -0.3 is 19.7 Å². The van der Waals surface area contributed by atoms with Crippen LogP contribution in [0, 0.1) is 0 Å². The van der Waals surface area contributed by atoms with Crippen LogP contribution in [0.25, 0.3) is 0 Å². The van der Waals surface area contributed by atoms with Crippen LogP contribution in [-0.4, -0.2) is 35.4 Å². The van der Waals surface area contributed by atoms with E-state index in [0.29, 0.717) is 13.2 Å². The van der Waals surface area contributed by atoms with E-state index in [1.165, 1.54) is 0 Å². The standard InChI is InChI=1S/2C5H6O3/c2*6-5(7)4-2-1-3-8-4/h2*2H,1,3H2,(H,6,7). The van der Waals surface area contributed by atoms with Gasteiger partial charge in [0.2, 0.25) is 11.5 Å². The van der Waals surface area contributed by atoms with Gasteiger partial charge in [0.1, 0.15) is 0 Å². The van der Waals surface area contributed by atoms with Crippen molar-refractivity contribution in [1.29, 1.82) is 0 Å². The molecule has 0 fully saturated rings. The Balaban J connectivity index is 0.000000160. The highest BCUT2D eigenvalue weighted by Gasteiger charge is 2.12. The average Bonchev–Trinajstić information content (AvgIpc) is 2.93. The number of hydrogen-bond donors (Lipinski definition) is 2. The van der Waals surface area contributed by atoms with Gasteiger partial charge in [-0.15, -0.1) is 0 Å². The van der Waals surface area contributed by atoms with Crippen LogP contribution in [0.5, 0.6) is 0 Å². The van der Waals surface area contributed by atoms with Gasteiger partial charge >= 0.3 is 11.9 Å². The van der Waals surface area contributed by atoms with Crippen molar-refractivity contribution in [1.82, 2.24) is 0 Å². The van der Waals surface area contributed by atoms with E-state index in [4.69, 9.17) is 10.2 Å². The largest absolute Gasteiger partial charge is 0.486 e. The van der Waals surface area contributed by atoms with Crippen molar-refractivity contribution < 1.29 is 29.3 Å². The van der Waals surface area contributed by atoms with Gasteiger partial charge in [-0.05, 0) is 12.2 Å². The molecule has 0 bridgehead atoms. The fourth-order valence-corrected chi connectivity index (χ4v) is 1.13. The molecule has 2 N–H and O–H groups in total. The van der Waals surface area contributed by atoms with E-state index in [0.717, 1.165) is 12.8 Å². The highest BCUT2D eigenvalue weighted by Crippen LogP contribution is 2.08. The lowest BCUT2D eigenvalue weighted by Crippen LogP contribution is -1.99. The third-order valence-electron chi connectivity index (χ3n) is 1.83. The molecule has 2 aliphatic rings. The van der Waals surface area contributed by atoms with Gasteiger partial charge in [-0.25, -0.2) is 9.59 Å². The predicted octanol–water partition coefficient (Wildman–Crippen LogP) is 0.750. The van der Waals surface area contributed by atoms with Crippen LogP contribution < -0.4 is 0 Å². The molecule has 16 heavy (non-hydrogen) atoms. The van der Waals surface area contributed by atoms with Crippen molar-refractivity contribution in [2.75, 3.05) is 13.2 Å². The van der Waals surface area contributed by atoms with Crippen LogP contribution in [0.3, 0.4) is 0 Å². The summed E-state index contributed by atoms with van der Waals surface area (Å²) >= 11 is 0. The van der Waals surface area contributed by atoms with Crippen LogP contribution >= 0.6 is 0 Å². The van der Waals surface area contributed by atoms with Crippen LogP contribution in [0.2, 0.25) is 0 Å². The fraction of sp³-hybridized carbons (Fsp3) is 0.400. The monoisotopic (exact) mass is 228 g/mol. The van der Waals surface area contributed by atoms with E-state index in [9.17, 15) is 9.59 Å². The van der Waals surface area contributed by atoms with Crippen LogP contribution in [0.15, 0.2) is 23.7 Å². The normalized spacial score (nSPS) is 17.2. The van der Waals surface area contributed by atoms with Gasteiger partial charge in [0, 0.05) is 12.8 Å². The molecule has 2 rings (SSSR count). The average molecular weight is 228 g/mol. The van der Waals surface area contributed by atoms with Gasteiger partial charge in [0.05, 0.1) is 13.2 Å². The van der Waals surface area contributed by atoms with Gasteiger partial charge in [0.25, 0.3) is 0 Å². The van der Waals surface area contributed by atoms with E-state index in [1.807, 2.05) is 0 Å². The first-order valence-corrected chi connectivity index (χ1v) is 4.73. The second-order valence-corrected chi connectivity index (χ2v) is 3.02. The van der Waals surface area contributed by atoms with E-state index in [-0.39, 0.29) is 11.5 Å². The molecule has 0 radical (unpaired) electrons. The smallest absolute Gasteiger partial charge is 0.370 e. The summed E-state index contributed by atoms with van der Waals surface area (Å²) in [5, 5.41) is 16.4. The Labute approximate surface area is 91.8 Å². The zero-order valence-corrected chi connectivity index (χ0v) is 8.51. The van der Waals surface area contributed by atoms with Gasteiger partial charge in [-0.2, -0.15) is 0 Å². The summed E-state index contributed by atoms with van der Waals surface area (Å²) in [6, 6.07) is 0. The summed E-state index contributed by atoms with van der Waals surface area (Å²) in [7, 11) is 0. The molecule has 0 aliphatic carbocycles. The Morgan fingerprint density at radius 1 is 0.938 bits per heavy atom.